The molecule has 3 fully saturated rings. The number of nitrogens with one attached hydrogen (secondary N) is 2. The third kappa shape index (κ3) is 7.02. The number of carbonyl (C=O) groups excluding carboxylic acids is 2. The van der Waals surface area contributed by atoms with E-state index in [1.807, 2.05) is 0 Å². The van der Waals surface area contributed by atoms with Gasteiger partial charge in [0, 0.05) is 35.5 Å². The second kappa shape index (κ2) is 11.3. The number of alkyl halides is 6. The lowest BCUT2D eigenvalue weighted by Gasteiger charge is -2.50. The van der Waals surface area contributed by atoms with Gasteiger partial charge in [-0.3, -0.25) is 19.4 Å². The minimum atomic E-state index is -4.67. The van der Waals surface area contributed by atoms with Gasteiger partial charge in [0.15, 0.2) is 19.7 Å². The Balaban J connectivity index is 1.38. The van der Waals surface area contributed by atoms with Crippen LogP contribution in [-0.4, -0.2) is 98.7 Å². The van der Waals surface area contributed by atoms with Gasteiger partial charge in [-0.15, -0.1) is 0 Å². The summed E-state index contributed by atoms with van der Waals surface area (Å²) >= 11 is 0. The summed E-state index contributed by atoms with van der Waals surface area (Å²) in [5.41, 5.74) is -2.34. The van der Waals surface area contributed by atoms with E-state index in [0.29, 0.717) is 0 Å². The number of nitrogens with zero attached hydrogens (tertiary/aromatic N) is 2. The Hall–Kier alpha value is -3.22. The van der Waals surface area contributed by atoms with E-state index in [1.54, 1.807) is 0 Å². The maximum Gasteiger partial charge on any atom is 0.416 e. The van der Waals surface area contributed by atoms with Gasteiger partial charge in [-0.2, -0.15) is 26.3 Å². The summed E-state index contributed by atoms with van der Waals surface area (Å²) in [6, 6.07) is 3.99. The number of anilines is 2. The quantitative estimate of drug-likeness (QED) is 0.449. The first-order valence-corrected chi connectivity index (χ1v) is 16.8. The van der Waals surface area contributed by atoms with Crippen LogP contribution in [0.15, 0.2) is 48.5 Å². The fourth-order valence-corrected chi connectivity index (χ4v) is 10.1. The highest BCUT2D eigenvalue weighted by Crippen LogP contribution is 2.38. The van der Waals surface area contributed by atoms with Crippen LogP contribution >= 0.6 is 0 Å². The Morgan fingerprint density at radius 1 is 0.636 bits per heavy atom. The Morgan fingerprint density at radius 3 is 1.25 bits per heavy atom. The highest BCUT2D eigenvalue weighted by atomic mass is 32.2. The van der Waals surface area contributed by atoms with E-state index < -0.39 is 115 Å². The number of hydrogen-bond donors (Lipinski definition) is 2. The molecule has 18 heteroatoms. The van der Waals surface area contributed by atoms with Gasteiger partial charge < -0.3 is 10.6 Å². The predicted molar refractivity (Wildman–Crippen MR) is 146 cm³/mol. The normalized spacial score (nSPS) is 26.5. The second-order valence-electron chi connectivity index (χ2n) is 11.0. The van der Waals surface area contributed by atoms with Gasteiger partial charge in [0.05, 0.1) is 47.2 Å². The number of amides is 2. The molecule has 0 saturated carbocycles. The summed E-state index contributed by atoms with van der Waals surface area (Å²) in [6.07, 6.45) is -9.33. The number of rotatable bonds is 6. The summed E-state index contributed by atoms with van der Waals surface area (Å²) in [4.78, 5) is 28.9. The molecular weight excluding hydrogens is 642 g/mol. The van der Waals surface area contributed by atoms with Crippen LogP contribution in [0.25, 0.3) is 0 Å². The molecule has 10 nitrogen and oxygen atoms in total. The molecule has 3 saturated heterocycles. The van der Waals surface area contributed by atoms with Crippen molar-refractivity contribution in [2.45, 2.75) is 36.5 Å². The molecule has 240 valence electrons. The molecule has 2 amide bonds. The minimum absolute atomic E-state index is 0.166. The van der Waals surface area contributed by atoms with E-state index in [9.17, 15) is 52.8 Å². The largest absolute Gasteiger partial charge is 0.416 e. The van der Waals surface area contributed by atoms with Crippen molar-refractivity contribution in [1.29, 1.82) is 0 Å². The van der Waals surface area contributed by atoms with Gasteiger partial charge in [0.2, 0.25) is 11.8 Å². The molecule has 2 aromatic rings. The van der Waals surface area contributed by atoms with Gasteiger partial charge in [0.1, 0.15) is 0 Å². The Kier molecular flexibility index (Phi) is 8.26. The molecule has 44 heavy (non-hydrogen) atoms. The Labute approximate surface area is 248 Å². The molecule has 4 atom stereocenters. The maximum absolute atomic E-state index is 13.1. The molecule has 0 bridgehead atoms. The molecule has 2 N–H and O–H groups in total. The number of carbonyl (C=O) groups is 2. The molecule has 0 aliphatic carbocycles. The van der Waals surface area contributed by atoms with Crippen molar-refractivity contribution >= 4 is 42.9 Å². The van der Waals surface area contributed by atoms with Crippen molar-refractivity contribution in [3.63, 3.8) is 0 Å². The number of piperazine rings is 1. The molecule has 4 unspecified atom stereocenters. The van der Waals surface area contributed by atoms with Gasteiger partial charge >= 0.3 is 12.4 Å². The highest BCUT2D eigenvalue weighted by molar-refractivity contribution is 7.92. The molecule has 0 spiro atoms. The standard InChI is InChI=1S/C26H26F6N4O6S2/c27-25(28,29)15-3-1-5-17(7-15)33-23(37)9-35-19-11-43(39,40)13-21(19)36(22-14-44(41,42)12-20(22)35)10-24(38)34-18-6-2-4-16(8-18)26(30,31)32/h1-8,19-22H,9-14H2,(H,33,37)(H,34,38). The van der Waals surface area contributed by atoms with Crippen molar-refractivity contribution in [3.05, 3.63) is 59.7 Å². The van der Waals surface area contributed by atoms with E-state index in [-0.39, 0.29) is 11.4 Å². The van der Waals surface area contributed by atoms with E-state index >= 15 is 0 Å². The average Bonchev–Trinajstić information content (AvgIpc) is 3.40. The van der Waals surface area contributed by atoms with Crippen LogP contribution in [0.4, 0.5) is 37.7 Å². The first kappa shape index (κ1) is 32.2. The smallest absolute Gasteiger partial charge is 0.325 e. The zero-order chi connectivity index (χ0) is 32.2. The zero-order valence-electron chi connectivity index (χ0n) is 22.6. The number of halogens is 6. The molecule has 0 aromatic heterocycles. The Bertz CT molecular complexity index is 1520. The number of fused-ring (bicyclic) bond motifs is 2. The van der Waals surface area contributed by atoms with Crippen molar-refractivity contribution in [1.82, 2.24) is 9.80 Å². The van der Waals surface area contributed by atoms with Crippen LogP contribution in [0.3, 0.4) is 0 Å². The molecular formula is C26H26F6N4O6S2. The summed E-state index contributed by atoms with van der Waals surface area (Å²) < 4.78 is 130. The molecule has 2 aromatic carbocycles. The van der Waals surface area contributed by atoms with E-state index in [2.05, 4.69) is 10.6 Å². The maximum atomic E-state index is 13.1. The average molecular weight is 669 g/mol. The minimum Gasteiger partial charge on any atom is -0.325 e. The molecule has 3 aliphatic rings. The molecule has 3 aliphatic heterocycles. The van der Waals surface area contributed by atoms with Gasteiger partial charge in [-0.1, -0.05) is 12.1 Å². The van der Waals surface area contributed by atoms with Crippen LogP contribution in [0.2, 0.25) is 0 Å². The summed E-state index contributed by atoms with van der Waals surface area (Å²) in [7, 11) is -7.47. The highest BCUT2D eigenvalue weighted by Gasteiger charge is 2.58. The van der Waals surface area contributed by atoms with Crippen molar-refractivity contribution in [2.24, 2.45) is 0 Å². The van der Waals surface area contributed by atoms with Crippen molar-refractivity contribution < 1.29 is 52.8 Å². The fraction of sp³-hybridized carbons (Fsp3) is 0.462. The number of benzene rings is 2. The summed E-state index contributed by atoms with van der Waals surface area (Å²) in [5, 5.41) is 4.70. The van der Waals surface area contributed by atoms with E-state index in [0.717, 1.165) is 36.4 Å². The fourth-order valence-electron chi connectivity index (χ4n) is 6.13. The third-order valence-electron chi connectivity index (χ3n) is 7.89. The number of hydrogen-bond acceptors (Lipinski definition) is 8. The first-order chi connectivity index (χ1) is 20.3. The van der Waals surface area contributed by atoms with E-state index in [4.69, 9.17) is 0 Å². The van der Waals surface area contributed by atoms with Gasteiger partial charge in [-0.05, 0) is 36.4 Å². The molecule has 3 heterocycles. The van der Waals surface area contributed by atoms with Crippen LogP contribution in [0.1, 0.15) is 11.1 Å². The SMILES string of the molecule is O=C(CN1C2CS(=O)(=O)CC2N(CC(=O)Nc2cccc(C(F)(F)F)c2)C2CS(=O)(=O)CC21)Nc1cccc(C(F)(F)F)c1. The lowest BCUT2D eigenvalue weighted by molar-refractivity contribution is -0.138. The van der Waals surface area contributed by atoms with Gasteiger partial charge in [-0.25, -0.2) is 16.8 Å². The van der Waals surface area contributed by atoms with Crippen LogP contribution < -0.4 is 10.6 Å². The predicted octanol–water partition coefficient (Wildman–Crippen LogP) is 2.25. The zero-order valence-corrected chi connectivity index (χ0v) is 24.2. The number of sulfone groups is 2. The molecule has 0 radical (unpaired) electrons. The topological polar surface area (TPSA) is 133 Å². The van der Waals surface area contributed by atoms with Crippen LogP contribution in [-0.2, 0) is 41.6 Å². The van der Waals surface area contributed by atoms with Crippen LogP contribution in [0, 0.1) is 0 Å². The third-order valence-corrected chi connectivity index (χ3v) is 11.3. The monoisotopic (exact) mass is 668 g/mol. The molecule has 5 rings (SSSR count). The van der Waals surface area contributed by atoms with Crippen molar-refractivity contribution in [3.8, 4) is 0 Å². The Morgan fingerprint density at radius 2 is 0.955 bits per heavy atom. The lowest BCUT2D eigenvalue weighted by atomic mass is 9.94. The van der Waals surface area contributed by atoms with E-state index in [1.165, 1.54) is 21.9 Å². The summed E-state index contributed by atoms with van der Waals surface area (Å²) in [6.45, 7) is -1.07. The lowest BCUT2D eigenvalue weighted by Crippen LogP contribution is -2.69. The van der Waals surface area contributed by atoms with Crippen LogP contribution in [0.5, 0.6) is 0 Å². The second-order valence-corrected chi connectivity index (χ2v) is 15.3. The van der Waals surface area contributed by atoms with Gasteiger partial charge in [0.25, 0.3) is 0 Å². The first-order valence-electron chi connectivity index (χ1n) is 13.2. The summed E-state index contributed by atoms with van der Waals surface area (Å²) in [5.74, 6) is -3.47. The van der Waals surface area contributed by atoms with Crippen molar-refractivity contribution in [2.75, 3.05) is 46.7 Å².